The van der Waals surface area contributed by atoms with Crippen LogP contribution in [0.3, 0.4) is 0 Å². The number of aromatic amines is 1. The van der Waals surface area contributed by atoms with E-state index in [9.17, 15) is 4.79 Å². The molecule has 0 radical (unpaired) electrons. The van der Waals surface area contributed by atoms with E-state index in [0.29, 0.717) is 11.6 Å². The first-order valence-corrected chi connectivity index (χ1v) is 7.42. The number of fused-ring (bicyclic) bond motifs is 2. The molecule has 4 rings (SSSR count). The smallest absolute Gasteiger partial charge is 0.288 e. The Kier molecular flexibility index (Phi) is 2.97. The van der Waals surface area contributed by atoms with Gasteiger partial charge >= 0.3 is 0 Å². The van der Waals surface area contributed by atoms with Crippen molar-refractivity contribution < 1.29 is 0 Å². The lowest BCUT2D eigenvalue weighted by Crippen LogP contribution is -2.29. The summed E-state index contributed by atoms with van der Waals surface area (Å²) in [6.45, 7) is 3.97. The molecule has 1 aromatic carbocycles. The Morgan fingerprint density at radius 3 is 2.78 bits per heavy atom. The van der Waals surface area contributed by atoms with Crippen LogP contribution in [-0.2, 0) is 6.42 Å². The molecule has 3 heterocycles. The van der Waals surface area contributed by atoms with Gasteiger partial charge in [-0.3, -0.25) is 4.79 Å². The molecule has 0 fully saturated rings. The zero-order chi connectivity index (χ0) is 16.0. The highest BCUT2D eigenvalue weighted by atomic mass is 16.1. The third kappa shape index (κ3) is 2.02. The minimum absolute atomic E-state index is 0.281. The normalized spacial score (nSPS) is 15.7. The molecule has 0 aliphatic carbocycles. The zero-order valence-electron chi connectivity index (χ0n) is 12.7. The van der Waals surface area contributed by atoms with Gasteiger partial charge in [-0.05, 0) is 34.9 Å². The lowest BCUT2D eigenvalue weighted by Gasteiger charge is -2.27. The molecular weight excluding hydrogens is 294 g/mol. The summed E-state index contributed by atoms with van der Waals surface area (Å²) in [6, 6.07) is 7.97. The number of nitrogens with one attached hydrogen (secondary N) is 2. The molecule has 0 unspecified atom stereocenters. The van der Waals surface area contributed by atoms with Gasteiger partial charge in [0, 0.05) is 5.56 Å². The fourth-order valence-corrected chi connectivity index (χ4v) is 2.94. The molecule has 0 spiro atoms. The van der Waals surface area contributed by atoms with Crippen LogP contribution in [0.5, 0.6) is 0 Å². The van der Waals surface area contributed by atoms with Crippen molar-refractivity contribution >= 4 is 11.6 Å². The summed E-state index contributed by atoms with van der Waals surface area (Å²) in [5, 5.41) is 21.3. The highest BCUT2D eigenvalue weighted by Crippen LogP contribution is 2.37. The van der Waals surface area contributed by atoms with E-state index in [-0.39, 0.29) is 11.6 Å². The monoisotopic (exact) mass is 309 g/mol. The number of hydrogen-bond donors (Lipinski definition) is 2. The number of H-pyrrole nitrogens is 1. The van der Waals surface area contributed by atoms with Gasteiger partial charge in [-0.1, -0.05) is 36.3 Å². The van der Waals surface area contributed by atoms with Crippen LogP contribution >= 0.6 is 0 Å². The van der Waals surface area contributed by atoms with Crippen molar-refractivity contribution in [2.75, 3.05) is 5.32 Å². The molecular formula is C15H15N7O. The first-order valence-electron chi connectivity index (χ1n) is 7.42. The molecule has 2 N–H and O–H groups in total. The summed E-state index contributed by atoms with van der Waals surface area (Å²) in [7, 11) is 0. The maximum Gasteiger partial charge on any atom is 0.288 e. The fraction of sp³-hybridized carbons (Fsp3) is 0.267. The number of nitrogens with zero attached hydrogens (tertiary/aromatic N) is 5. The van der Waals surface area contributed by atoms with E-state index in [1.807, 2.05) is 19.1 Å². The van der Waals surface area contributed by atoms with Crippen molar-refractivity contribution in [3.8, 4) is 0 Å². The number of rotatable bonds is 2. The second-order valence-electron chi connectivity index (χ2n) is 5.50. The number of tetrazole rings is 1. The largest absolute Gasteiger partial charge is 0.318 e. The predicted octanol–water partition coefficient (Wildman–Crippen LogP) is 1.32. The van der Waals surface area contributed by atoms with Crippen molar-refractivity contribution in [1.82, 2.24) is 30.4 Å². The third-order valence-electron chi connectivity index (χ3n) is 4.16. The Hall–Kier alpha value is -3.03. The maximum absolute atomic E-state index is 12.2. The Morgan fingerprint density at radius 2 is 2.04 bits per heavy atom. The first-order chi connectivity index (χ1) is 11.2. The van der Waals surface area contributed by atoms with E-state index in [4.69, 9.17) is 0 Å². The second kappa shape index (κ2) is 5.01. The molecule has 116 valence electrons. The van der Waals surface area contributed by atoms with E-state index < -0.39 is 0 Å². The number of benzene rings is 1. The Bertz CT molecular complexity index is 926. The van der Waals surface area contributed by atoms with Crippen molar-refractivity contribution in [3.05, 3.63) is 57.0 Å². The van der Waals surface area contributed by atoms with Crippen LogP contribution in [0.2, 0.25) is 0 Å². The highest BCUT2D eigenvalue weighted by molar-refractivity contribution is 5.64. The Labute approximate surface area is 131 Å². The summed E-state index contributed by atoms with van der Waals surface area (Å²) in [5.74, 6) is 0.443. The predicted molar refractivity (Wildman–Crippen MR) is 83.8 cm³/mol. The van der Waals surface area contributed by atoms with Crippen LogP contribution < -0.4 is 10.9 Å². The summed E-state index contributed by atoms with van der Waals surface area (Å²) in [5.41, 5.74) is 3.95. The van der Waals surface area contributed by atoms with E-state index in [0.717, 1.165) is 23.2 Å². The first kappa shape index (κ1) is 13.6. The van der Waals surface area contributed by atoms with Crippen LogP contribution in [0.4, 0.5) is 11.6 Å². The molecule has 8 nitrogen and oxygen atoms in total. The van der Waals surface area contributed by atoms with E-state index in [1.165, 1.54) is 5.56 Å². The van der Waals surface area contributed by atoms with Gasteiger partial charge in [-0.2, -0.15) is 9.78 Å². The fourth-order valence-electron chi connectivity index (χ4n) is 2.94. The van der Waals surface area contributed by atoms with Crippen molar-refractivity contribution in [2.24, 2.45) is 0 Å². The van der Waals surface area contributed by atoms with Crippen LogP contribution in [0.15, 0.2) is 29.1 Å². The average molecular weight is 309 g/mol. The summed E-state index contributed by atoms with van der Waals surface area (Å²) in [4.78, 5) is 12.2. The van der Waals surface area contributed by atoms with Gasteiger partial charge in [-0.25, -0.2) is 5.10 Å². The van der Waals surface area contributed by atoms with Gasteiger partial charge in [0.15, 0.2) is 0 Å². The minimum atomic E-state index is -0.282. The van der Waals surface area contributed by atoms with E-state index in [1.54, 1.807) is 4.68 Å². The molecule has 1 aliphatic rings. The molecule has 8 heteroatoms. The van der Waals surface area contributed by atoms with Crippen molar-refractivity contribution in [2.45, 2.75) is 26.3 Å². The number of anilines is 2. The van der Waals surface area contributed by atoms with Gasteiger partial charge in [-0.15, -0.1) is 0 Å². The van der Waals surface area contributed by atoms with Crippen LogP contribution in [0, 0.1) is 6.92 Å². The standard InChI is InChI=1S/C15H15N7O/c1-3-9-4-6-10(7-5-9)13-11-8(2)17-18-14(23)12(11)16-15-19-20-21-22(13)15/h4-7,13H,3H2,1-2H3,(H,18,23)(H,16,19,21)/t13-/m1/s1. The minimum Gasteiger partial charge on any atom is -0.318 e. The van der Waals surface area contributed by atoms with Gasteiger partial charge in [0.25, 0.3) is 5.56 Å². The van der Waals surface area contributed by atoms with Crippen molar-refractivity contribution in [1.29, 1.82) is 0 Å². The van der Waals surface area contributed by atoms with Crippen LogP contribution in [0.1, 0.15) is 35.3 Å². The lowest BCUT2D eigenvalue weighted by molar-refractivity contribution is 0.562. The molecule has 3 aromatic rings. The summed E-state index contributed by atoms with van der Waals surface area (Å²) in [6.07, 6.45) is 0.972. The zero-order valence-corrected chi connectivity index (χ0v) is 12.7. The molecule has 0 bridgehead atoms. The SMILES string of the molecule is CCc1ccc([C@@H]2c3c(C)n[nH]c(=O)c3Nc3nnnn32)cc1. The van der Waals surface area contributed by atoms with Crippen molar-refractivity contribution in [3.63, 3.8) is 0 Å². The van der Waals surface area contributed by atoms with Gasteiger partial charge in [0.2, 0.25) is 5.95 Å². The quantitative estimate of drug-likeness (QED) is 0.579. The van der Waals surface area contributed by atoms with Gasteiger partial charge in [0.1, 0.15) is 11.7 Å². The molecule has 0 amide bonds. The molecule has 23 heavy (non-hydrogen) atoms. The topological polar surface area (TPSA) is 101 Å². The molecule has 0 saturated heterocycles. The lowest BCUT2D eigenvalue weighted by atomic mass is 9.94. The summed E-state index contributed by atoms with van der Waals surface area (Å²) >= 11 is 0. The number of hydrogen-bond acceptors (Lipinski definition) is 6. The summed E-state index contributed by atoms with van der Waals surface area (Å²) < 4.78 is 1.68. The number of aromatic nitrogens is 6. The maximum atomic E-state index is 12.2. The van der Waals surface area contributed by atoms with Crippen LogP contribution in [-0.4, -0.2) is 30.4 Å². The molecule has 1 aliphatic heterocycles. The van der Waals surface area contributed by atoms with E-state index in [2.05, 4.69) is 50.1 Å². The Balaban J connectivity index is 1.97. The average Bonchev–Trinajstić information content (AvgIpc) is 3.05. The van der Waals surface area contributed by atoms with E-state index >= 15 is 0 Å². The number of aryl methyl sites for hydroxylation is 2. The molecule has 0 saturated carbocycles. The Morgan fingerprint density at radius 1 is 1.26 bits per heavy atom. The molecule has 1 atom stereocenters. The second-order valence-corrected chi connectivity index (χ2v) is 5.50. The van der Waals surface area contributed by atoms with Gasteiger partial charge < -0.3 is 5.32 Å². The highest BCUT2D eigenvalue weighted by Gasteiger charge is 2.32. The van der Waals surface area contributed by atoms with Crippen LogP contribution in [0.25, 0.3) is 0 Å². The third-order valence-corrected chi connectivity index (χ3v) is 4.16. The van der Waals surface area contributed by atoms with Gasteiger partial charge in [0.05, 0.1) is 5.69 Å². The molecule has 2 aromatic heterocycles.